The van der Waals surface area contributed by atoms with Gasteiger partial charge >= 0.3 is 0 Å². The van der Waals surface area contributed by atoms with Crippen molar-refractivity contribution in [3.63, 3.8) is 0 Å². The number of hydrogen-bond donors (Lipinski definition) is 1. The first-order valence-corrected chi connectivity index (χ1v) is 6.29. The molecule has 1 N–H and O–H groups in total. The zero-order chi connectivity index (χ0) is 11.8. The first kappa shape index (κ1) is 13.5. The smallest absolute Gasteiger partial charge is 0.228 e. The predicted octanol–water partition coefficient (Wildman–Crippen LogP) is 3.56. The largest absolute Gasteiger partial charge is 0.354 e. The lowest BCUT2D eigenvalue weighted by Crippen LogP contribution is -2.06. The summed E-state index contributed by atoms with van der Waals surface area (Å²) in [5, 5.41) is 3.31. The van der Waals surface area contributed by atoms with Crippen molar-refractivity contribution >= 4 is 29.2 Å². The molecule has 0 saturated carbocycles. The third kappa shape index (κ3) is 5.47. The van der Waals surface area contributed by atoms with Gasteiger partial charge in [0.25, 0.3) is 0 Å². The Morgan fingerprint density at radius 1 is 0.938 bits per heavy atom. The van der Waals surface area contributed by atoms with Gasteiger partial charge in [0, 0.05) is 6.54 Å². The van der Waals surface area contributed by atoms with Crippen LogP contribution in [0.1, 0.15) is 39.0 Å². The Kier molecular flexibility index (Phi) is 6.42. The average molecular weight is 263 g/mol. The number of unbranched alkanes of at least 4 members (excludes halogenated alkanes) is 4. The molecule has 0 unspecified atom stereocenters. The van der Waals surface area contributed by atoms with Crippen LogP contribution in [0.15, 0.2) is 0 Å². The molecule has 4 nitrogen and oxygen atoms in total. The van der Waals surface area contributed by atoms with Crippen LogP contribution in [0.3, 0.4) is 0 Å². The van der Waals surface area contributed by atoms with Gasteiger partial charge in [-0.15, -0.1) is 0 Å². The van der Waals surface area contributed by atoms with Crippen molar-refractivity contribution < 1.29 is 0 Å². The summed E-state index contributed by atoms with van der Waals surface area (Å²) in [6.45, 7) is 3.04. The summed E-state index contributed by atoms with van der Waals surface area (Å²) in [7, 11) is 0. The molecule has 0 radical (unpaired) electrons. The van der Waals surface area contributed by atoms with Gasteiger partial charge in [0.1, 0.15) is 0 Å². The van der Waals surface area contributed by atoms with E-state index in [1.165, 1.54) is 25.7 Å². The molecular weight excluding hydrogens is 247 g/mol. The summed E-state index contributed by atoms with van der Waals surface area (Å²) < 4.78 is 0. The van der Waals surface area contributed by atoms with E-state index in [2.05, 4.69) is 27.2 Å². The molecular formula is C10H16Cl2N4. The maximum absolute atomic E-state index is 5.64. The topological polar surface area (TPSA) is 50.7 Å². The fourth-order valence-corrected chi connectivity index (χ4v) is 1.70. The van der Waals surface area contributed by atoms with Crippen LogP contribution in [0, 0.1) is 0 Å². The third-order valence-corrected chi connectivity index (χ3v) is 2.48. The molecule has 0 saturated heterocycles. The molecule has 0 aliphatic heterocycles. The molecule has 0 aliphatic rings. The summed E-state index contributed by atoms with van der Waals surface area (Å²) in [5.41, 5.74) is 0. The minimum atomic E-state index is 0.119. The predicted molar refractivity (Wildman–Crippen MR) is 67.1 cm³/mol. The van der Waals surface area contributed by atoms with E-state index >= 15 is 0 Å². The third-order valence-electron chi connectivity index (χ3n) is 2.14. The molecule has 6 heteroatoms. The lowest BCUT2D eigenvalue weighted by atomic mass is 10.1. The minimum Gasteiger partial charge on any atom is -0.354 e. The lowest BCUT2D eigenvalue weighted by molar-refractivity contribution is 0.644. The number of anilines is 1. The molecule has 1 aromatic rings. The minimum absolute atomic E-state index is 0.119. The highest BCUT2D eigenvalue weighted by molar-refractivity contribution is 6.31. The molecule has 0 spiro atoms. The van der Waals surface area contributed by atoms with E-state index in [1.807, 2.05) is 0 Å². The second-order valence-electron chi connectivity index (χ2n) is 3.54. The van der Waals surface area contributed by atoms with Gasteiger partial charge in [0.15, 0.2) is 0 Å². The maximum atomic E-state index is 5.64. The Hall–Kier alpha value is -0.610. The van der Waals surface area contributed by atoms with Crippen molar-refractivity contribution in [1.29, 1.82) is 0 Å². The summed E-state index contributed by atoms with van der Waals surface area (Å²) in [6, 6.07) is 0. The molecule has 1 aromatic heterocycles. The Labute approximate surface area is 106 Å². The molecule has 0 aliphatic carbocycles. The van der Waals surface area contributed by atoms with Crippen molar-refractivity contribution in [2.24, 2.45) is 0 Å². The average Bonchev–Trinajstić information content (AvgIpc) is 2.22. The fraction of sp³-hybridized carbons (Fsp3) is 0.700. The number of nitrogens with zero attached hydrogens (tertiary/aromatic N) is 3. The van der Waals surface area contributed by atoms with Crippen LogP contribution in [0.25, 0.3) is 0 Å². The molecule has 1 rings (SSSR count). The van der Waals surface area contributed by atoms with Crippen LogP contribution >= 0.6 is 23.2 Å². The van der Waals surface area contributed by atoms with Crippen molar-refractivity contribution in [3.05, 3.63) is 10.6 Å². The van der Waals surface area contributed by atoms with Gasteiger partial charge < -0.3 is 5.32 Å². The zero-order valence-electron chi connectivity index (χ0n) is 9.34. The van der Waals surface area contributed by atoms with E-state index in [0.717, 1.165) is 13.0 Å². The molecule has 0 fully saturated rings. The molecule has 0 aromatic carbocycles. The van der Waals surface area contributed by atoms with Crippen LogP contribution in [0.5, 0.6) is 0 Å². The Morgan fingerprint density at radius 3 is 2.19 bits per heavy atom. The van der Waals surface area contributed by atoms with E-state index in [1.54, 1.807) is 0 Å². The van der Waals surface area contributed by atoms with E-state index < -0.39 is 0 Å². The van der Waals surface area contributed by atoms with Gasteiger partial charge in [0.05, 0.1) is 0 Å². The van der Waals surface area contributed by atoms with Crippen molar-refractivity contribution in [1.82, 2.24) is 15.0 Å². The van der Waals surface area contributed by atoms with Gasteiger partial charge in [-0.2, -0.15) is 15.0 Å². The standard InChI is InChI=1S/C10H16Cl2N4/c1-2-3-4-5-6-7-13-10-15-8(11)14-9(12)16-10/h2-7H2,1H3,(H,13,14,15,16). The number of rotatable bonds is 7. The van der Waals surface area contributed by atoms with E-state index in [4.69, 9.17) is 23.2 Å². The Balaban J connectivity index is 2.21. The lowest BCUT2D eigenvalue weighted by Gasteiger charge is -2.04. The maximum Gasteiger partial charge on any atom is 0.228 e. The summed E-state index contributed by atoms with van der Waals surface area (Å²) in [5.74, 6) is 0.445. The first-order chi connectivity index (χ1) is 7.72. The van der Waals surface area contributed by atoms with Crippen molar-refractivity contribution in [3.8, 4) is 0 Å². The Morgan fingerprint density at radius 2 is 1.56 bits per heavy atom. The highest BCUT2D eigenvalue weighted by Crippen LogP contribution is 2.10. The second-order valence-corrected chi connectivity index (χ2v) is 4.21. The molecule has 0 amide bonds. The molecule has 16 heavy (non-hydrogen) atoms. The van der Waals surface area contributed by atoms with Crippen LogP contribution in [-0.4, -0.2) is 21.5 Å². The van der Waals surface area contributed by atoms with Gasteiger partial charge in [-0.25, -0.2) is 0 Å². The van der Waals surface area contributed by atoms with Gasteiger partial charge in [-0.05, 0) is 29.6 Å². The van der Waals surface area contributed by atoms with E-state index in [0.29, 0.717) is 5.95 Å². The van der Waals surface area contributed by atoms with Crippen LogP contribution < -0.4 is 5.32 Å². The van der Waals surface area contributed by atoms with Crippen LogP contribution in [0.2, 0.25) is 10.6 Å². The highest BCUT2D eigenvalue weighted by Gasteiger charge is 2.01. The van der Waals surface area contributed by atoms with Gasteiger partial charge in [-0.3, -0.25) is 0 Å². The molecule has 0 atom stereocenters. The fourth-order valence-electron chi connectivity index (χ4n) is 1.33. The van der Waals surface area contributed by atoms with Gasteiger partial charge in [-0.1, -0.05) is 32.6 Å². The van der Waals surface area contributed by atoms with Crippen molar-refractivity contribution in [2.45, 2.75) is 39.0 Å². The monoisotopic (exact) mass is 262 g/mol. The van der Waals surface area contributed by atoms with Crippen molar-refractivity contribution in [2.75, 3.05) is 11.9 Å². The van der Waals surface area contributed by atoms with Crippen LogP contribution in [0.4, 0.5) is 5.95 Å². The van der Waals surface area contributed by atoms with Crippen LogP contribution in [-0.2, 0) is 0 Å². The molecule has 0 bridgehead atoms. The number of aromatic nitrogens is 3. The summed E-state index contributed by atoms with van der Waals surface area (Å²) >= 11 is 11.3. The zero-order valence-corrected chi connectivity index (χ0v) is 10.9. The Bertz CT molecular complexity index is 299. The highest BCUT2D eigenvalue weighted by atomic mass is 35.5. The quantitative estimate of drug-likeness (QED) is 0.764. The normalized spacial score (nSPS) is 10.4. The second kappa shape index (κ2) is 7.63. The summed E-state index contributed by atoms with van der Waals surface area (Å²) in [6.07, 6.45) is 6.14. The number of halogens is 2. The van der Waals surface area contributed by atoms with E-state index in [9.17, 15) is 0 Å². The van der Waals surface area contributed by atoms with Gasteiger partial charge in [0.2, 0.25) is 16.5 Å². The molecule has 1 heterocycles. The molecule has 90 valence electrons. The first-order valence-electron chi connectivity index (χ1n) is 5.53. The number of hydrogen-bond acceptors (Lipinski definition) is 4. The van der Waals surface area contributed by atoms with E-state index in [-0.39, 0.29) is 10.6 Å². The number of nitrogens with one attached hydrogen (secondary N) is 1. The summed E-state index contributed by atoms with van der Waals surface area (Å²) in [4.78, 5) is 11.5. The SMILES string of the molecule is CCCCCCCNc1nc(Cl)nc(Cl)n1.